The molecule has 1 aliphatic carbocycles. The summed E-state index contributed by atoms with van der Waals surface area (Å²) in [7, 11) is 0. The summed E-state index contributed by atoms with van der Waals surface area (Å²) < 4.78 is 1.88. The molecule has 0 bridgehead atoms. The van der Waals surface area contributed by atoms with E-state index in [9.17, 15) is 9.90 Å². The van der Waals surface area contributed by atoms with Gasteiger partial charge in [0, 0.05) is 5.41 Å². The van der Waals surface area contributed by atoms with Crippen molar-refractivity contribution in [1.29, 1.82) is 0 Å². The van der Waals surface area contributed by atoms with Gasteiger partial charge in [-0.05, 0) is 12.8 Å². The van der Waals surface area contributed by atoms with Crippen LogP contribution in [-0.4, -0.2) is 26.1 Å². The third-order valence-corrected chi connectivity index (χ3v) is 3.78. The number of carbonyl (C=O) groups is 1. The first kappa shape index (κ1) is 14.0. The molecule has 2 rings (SSSR count). The second-order valence-corrected chi connectivity index (χ2v) is 6.43. The van der Waals surface area contributed by atoms with Crippen molar-refractivity contribution in [2.45, 2.75) is 70.8 Å². The molecular weight excluding hydrogens is 242 g/mol. The monoisotopic (exact) mass is 265 g/mol. The van der Waals surface area contributed by atoms with Gasteiger partial charge in [0.2, 0.25) is 0 Å². The zero-order valence-corrected chi connectivity index (χ0v) is 12.0. The van der Waals surface area contributed by atoms with Gasteiger partial charge in [-0.2, -0.15) is 0 Å². The van der Waals surface area contributed by atoms with E-state index in [0.29, 0.717) is 6.04 Å². The fourth-order valence-corrected chi connectivity index (χ4v) is 2.89. The second kappa shape index (κ2) is 5.31. The standard InChI is InChI=1S/C14H23N3O2/c1-14(2,3)12-11(13(18)19)15-16-17(12)10-8-6-4-5-7-9-10/h10H,4-9H2,1-3H3,(H,18,19). The van der Waals surface area contributed by atoms with Crippen molar-refractivity contribution in [2.75, 3.05) is 0 Å². The molecule has 1 saturated carbocycles. The molecule has 1 aromatic heterocycles. The van der Waals surface area contributed by atoms with Crippen LogP contribution in [0.4, 0.5) is 0 Å². The van der Waals surface area contributed by atoms with Crippen molar-refractivity contribution in [3.05, 3.63) is 11.4 Å². The molecule has 19 heavy (non-hydrogen) atoms. The van der Waals surface area contributed by atoms with Gasteiger partial charge in [-0.1, -0.05) is 51.7 Å². The zero-order chi connectivity index (χ0) is 14.0. The first-order valence-electron chi connectivity index (χ1n) is 7.10. The summed E-state index contributed by atoms with van der Waals surface area (Å²) >= 11 is 0. The predicted octanol–water partition coefficient (Wildman–Crippen LogP) is 3.17. The summed E-state index contributed by atoms with van der Waals surface area (Å²) in [5, 5.41) is 17.3. The van der Waals surface area contributed by atoms with Crippen molar-refractivity contribution in [3.8, 4) is 0 Å². The Bertz CT molecular complexity index is 452. The second-order valence-electron chi connectivity index (χ2n) is 6.43. The Kier molecular flexibility index (Phi) is 3.92. The molecule has 0 spiro atoms. The fraction of sp³-hybridized carbons (Fsp3) is 0.786. The highest BCUT2D eigenvalue weighted by Gasteiger charge is 2.31. The minimum atomic E-state index is -0.982. The highest BCUT2D eigenvalue weighted by molar-refractivity contribution is 5.86. The predicted molar refractivity (Wildman–Crippen MR) is 72.4 cm³/mol. The molecule has 106 valence electrons. The van der Waals surface area contributed by atoms with E-state index >= 15 is 0 Å². The Hall–Kier alpha value is -1.39. The quantitative estimate of drug-likeness (QED) is 0.834. The molecule has 1 fully saturated rings. The Morgan fingerprint density at radius 3 is 2.26 bits per heavy atom. The van der Waals surface area contributed by atoms with Crippen LogP contribution in [0, 0.1) is 0 Å². The molecule has 5 nitrogen and oxygen atoms in total. The van der Waals surface area contributed by atoms with Crippen LogP contribution in [0.5, 0.6) is 0 Å². The van der Waals surface area contributed by atoms with Gasteiger partial charge in [0.1, 0.15) is 0 Å². The molecule has 1 aromatic rings. The van der Waals surface area contributed by atoms with Crippen LogP contribution in [0.2, 0.25) is 0 Å². The molecule has 0 saturated heterocycles. The highest BCUT2D eigenvalue weighted by atomic mass is 16.4. The summed E-state index contributed by atoms with van der Waals surface area (Å²) in [6.45, 7) is 6.06. The summed E-state index contributed by atoms with van der Waals surface area (Å²) in [4.78, 5) is 11.3. The van der Waals surface area contributed by atoms with E-state index in [1.807, 2.05) is 25.5 Å². The first-order chi connectivity index (χ1) is 8.91. The molecule has 0 amide bonds. The topological polar surface area (TPSA) is 68.0 Å². The number of aromatic nitrogens is 3. The van der Waals surface area contributed by atoms with E-state index in [4.69, 9.17) is 0 Å². The van der Waals surface area contributed by atoms with E-state index in [-0.39, 0.29) is 11.1 Å². The van der Waals surface area contributed by atoms with Crippen molar-refractivity contribution in [1.82, 2.24) is 15.0 Å². The van der Waals surface area contributed by atoms with E-state index in [2.05, 4.69) is 10.3 Å². The van der Waals surface area contributed by atoms with Gasteiger partial charge in [0.15, 0.2) is 5.69 Å². The molecule has 0 atom stereocenters. The average molecular weight is 265 g/mol. The molecule has 0 radical (unpaired) electrons. The van der Waals surface area contributed by atoms with E-state index in [1.165, 1.54) is 25.7 Å². The normalized spacial score (nSPS) is 18.3. The Labute approximate surface area is 114 Å². The van der Waals surface area contributed by atoms with Crippen LogP contribution in [0.25, 0.3) is 0 Å². The summed E-state index contributed by atoms with van der Waals surface area (Å²) in [6, 6.07) is 0.303. The van der Waals surface area contributed by atoms with Crippen LogP contribution in [0.3, 0.4) is 0 Å². The molecule has 1 heterocycles. The van der Waals surface area contributed by atoms with Gasteiger partial charge in [0.25, 0.3) is 0 Å². The summed E-state index contributed by atoms with van der Waals surface area (Å²) in [6.07, 6.45) is 7.06. The van der Waals surface area contributed by atoms with E-state index in [0.717, 1.165) is 18.5 Å². The maximum absolute atomic E-state index is 11.3. The number of hydrogen-bond acceptors (Lipinski definition) is 3. The van der Waals surface area contributed by atoms with Crippen LogP contribution in [-0.2, 0) is 5.41 Å². The van der Waals surface area contributed by atoms with Gasteiger partial charge >= 0.3 is 5.97 Å². The van der Waals surface area contributed by atoms with Gasteiger partial charge < -0.3 is 5.11 Å². The maximum atomic E-state index is 11.3. The van der Waals surface area contributed by atoms with Gasteiger partial charge in [-0.15, -0.1) is 5.10 Å². The number of hydrogen-bond donors (Lipinski definition) is 1. The molecule has 0 aromatic carbocycles. The smallest absolute Gasteiger partial charge is 0.358 e. The lowest BCUT2D eigenvalue weighted by molar-refractivity contribution is 0.0687. The Morgan fingerprint density at radius 1 is 1.21 bits per heavy atom. The summed E-state index contributed by atoms with van der Waals surface area (Å²) in [5.74, 6) is -0.982. The van der Waals surface area contributed by atoms with Crippen molar-refractivity contribution in [3.63, 3.8) is 0 Å². The third-order valence-electron chi connectivity index (χ3n) is 3.78. The third kappa shape index (κ3) is 2.96. The molecule has 1 N–H and O–H groups in total. The number of rotatable bonds is 2. The summed E-state index contributed by atoms with van der Waals surface area (Å²) in [5.41, 5.74) is 0.604. The Balaban J connectivity index is 2.42. The van der Waals surface area contributed by atoms with Gasteiger partial charge in [-0.25, -0.2) is 9.48 Å². The fourth-order valence-electron chi connectivity index (χ4n) is 2.89. The minimum absolute atomic E-state index is 0.108. The molecule has 0 aliphatic heterocycles. The molecule has 0 unspecified atom stereocenters. The van der Waals surface area contributed by atoms with Crippen LogP contribution >= 0.6 is 0 Å². The number of nitrogens with zero attached hydrogens (tertiary/aromatic N) is 3. The Morgan fingerprint density at radius 2 is 1.79 bits per heavy atom. The molecule has 5 heteroatoms. The van der Waals surface area contributed by atoms with Crippen LogP contribution < -0.4 is 0 Å². The SMILES string of the molecule is CC(C)(C)c1c(C(=O)O)nnn1C1CCCCCC1. The lowest BCUT2D eigenvalue weighted by Gasteiger charge is -2.24. The van der Waals surface area contributed by atoms with Crippen molar-refractivity contribution < 1.29 is 9.90 Å². The van der Waals surface area contributed by atoms with Gasteiger partial charge in [-0.3, -0.25) is 0 Å². The number of carboxylic acids is 1. The van der Waals surface area contributed by atoms with E-state index in [1.54, 1.807) is 0 Å². The maximum Gasteiger partial charge on any atom is 0.358 e. The van der Waals surface area contributed by atoms with Crippen LogP contribution in [0.1, 0.15) is 81.5 Å². The average Bonchev–Trinajstić information content (AvgIpc) is 2.59. The molecular formula is C14H23N3O2. The van der Waals surface area contributed by atoms with Gasteiger partial charge in [0.05, 0.1) is 11.7 Å². The lowest BCUT2D eigenvalue weighted by atomic mass is 9.89. The van der Waals surface area contributed by atoms with E-state index < -0.39 is 5.97 Å². The lowest BCUT2D eigenvalue weighted by Crippen LogP contribution is -2.24. The van der Waals surface area contributed by atoms with Crippen molar-refractivity contribution in [2.24, 2.45) is 0 Å². The largest absolute Gasteiger partial charge is 0.476 e. The minimum Gasteiger partial charge on any atom is -0.476 e. The first-order valence-corrected chi connectivity index (χ1v) is 7.10. The molecule has 1 aliphatic rings. The zero-order valence-electron chi connectivity index (χ0n) is 12.0. The number of aromatic carboxylic acids is 1. The highest BCUT2D eigenvalue weighted by Crippen LogP contribution is 2.32. The number of carboxylic acid groups (broad SMARTS) is 1. The van der Waals surface area contributed by atoms with Crippen molar-refractivity contribution >= 4 is 5.97 Å². The van der Waals surface area contributed by atoms with Crippen LogP contribution in [0.15, 0.2) is 0 Å².